The van der Waals surface area contributed by atoms with E-state index in [1.54, 1.807) is 6.92 Å². The molecule has 198 valence electrons. The molecule has 4 rings (SSSR count). The lowest BCUT2D eigenvalue weighted by molar-refractivity contribution is -0.209. The van der Waals surface area contributed by atoms with E-state index in [1.165, 1.54) is 10.9 Å². The number of rotatable bonds is 8. The lowest BCUT2D eigenvalue weighted by Crippen LogP contribution is -2.45. The van der Waals surface area contributed by atoms with Crippen molar-refractivity contribution in [2.75, 3.05) is 17.6 Å². The number of aliphatic hydroxyl groups is 1. The normalized spacial score (nSPS) is 21.6. The average molecular weight is 522 g/mol. The zero-order valence-corrected chi connectivity index (χ0v) is 19.8. The number of carbonyl (C=O) groups excluding carboxylic acids is 2. The van der Waals surface area contributed by atoms with Gasteiger partial charge in [0.15, 0.2) is 17.6 Å². The van der Waals surface area contributed by atoms with Gasteiger partial charge in [-0.1, -0.05) is 37.3 Å². The van der Waals surface area contributed by atoms with Crippen molar-refractivity contribution in [1.82, 2.24) is 24.8 Å². The molecule has 1 saturated carbocycles. The van der Waals surface area contributed by atoms with Crippen LogP contribution < -0.4 is 16.4 Å². The second-order valence-electron chi connectivity index (χ2n) is 8.61. The third kappa shape index (κ3) is 5.74. The zero-order chi connectivity index (χ0) is 26.7. The van der Waals surface area contributed by atoms with Crippen LogP contribution in [0.5, 0.6) is 0 Å². The van der Waals surface area contributed by atoms with Crippen LogP contribution in [0.3, 0.4) is 0 Å². The number of fused-ring (bicyclic) bond motifs is 1. The summed E-state index contributed by atoms with van der Waals surface area (Å²) in [7, 11) is 0. The third-order valence-corrected chi connectivity index (χ3v) is 6.11. The molecule has 0 bridgehead atoms. The van der Waals surface area contributed by atoms with E-state index < -0.39 is 42.3 Å². The van der Waals surface area contributed by atoms with E-state index in [4.69, 9.17) is 5.73 Å². The molecular formula is C23H26F3N7O4. The molecule has 1 aromatic carbocycles. The first-order valence-electron chi connectivity index (χ1n) is 11.6. The minimum Gasteiger partial charge on any atom is -0.451 e. The Labute approximate surface area is 209 Å². The number of esters is 1. The third-order valence-electron chi connectivity index (χ3n) is 6.11. The second kappa shape index (κ2) is 10.6. The molecule has 0 spiro atoms. The first kappa shape index (κ1) is 26.1. The van der Waals surface area contributed by atoms with Gasteiger partial charge in [0.05, 0.1) is 18.4 Å². The van der Waals surface area contributed by atoms with Gasteiger partial charge in [-0.25, -0.2) is 9.78 Å². The van der Waals surface area contributed by atoms with Crippen LogP contribution in [0, 0.1) is 0 Å². The van der Waals surface area contributed by atoms with E-state index in [1.807, 2.05) is 30.3 Å². The summed E-state index contributed by atoms with van der Waals surface area (Å²) < 4.78 is 45.0. The van der Waals surface area contributed by atoms with Crippen molar-refractivity contribution < 1.29 is 32.6 Å². The number of aromatic nitrogens is 4. The Bertz CT molecular complexity index is 1270. The number of carbonyl (C=O) groups is 2. The van der Waals surface area contributed by atoms with Gasteiger partial charge in [0, 0.05) is 13.0 Å². The summed E-state index contributed by atoms with van der Waals surface area (Å²) in [5, 5.41) is 16.3. The lowest BCUT2D eigenvalue weighted by atomic mass is 10.1. The Morgan fingerprint density at radius 3 is 2.65 bits per heavy atom. The quantitative estimate of drug-likeness (QED) is 0.324. The Morgan fingerprint density at radius 2 is 1.97 bits per heavy atom. The lowest BCUT2D eigenvalue weighted by Gasteiger charge is -2.24. The Morgan fingerprint density at radius 1 is 1.24 bits per heavy atom. The van der Waals surface area contributed by atoms with Crippen molar-refractivity contribution in [3.05, 3.63) is 42.2 Å². The highest BCUT2D eigenvalue weighted by Gasteiger charge is 2.51. The molecule has 0 saturated heterocycles. The predicted octanol–water partition coefficient (Wildman–Crippen LogP) is 1.74. The van der Waals surface area contributed by atoms with Crippen LogP contribution in [-0.4, -0.2) is 67.5 Å². The van der Waals surface area contributed by atoms with Gasteiger partial charge in [0.2, 0.25) is 11.9 Å². The maximum atomic E-state index is 13.0. The van der Waals surface area contributed by atoms with Crippen LogP contribution in [0.4, 0.5) is 24.9 Å². The number of nitrogens with one attached hydrogen (secondary N) is 2. The van der Waals surface area contributed by atoms with Crippen molar-refractivity contribution in [3.63, 3.8) is 0 Å². The number of halogens is 3. The zero-order valence-electron chi connectivity index (χ0n) is 19.8. The molecule has 1 fully saturated rings. The molecule has 14 heteroatoms. The summed E-state index contributed by atoms with van der Waals surface area (Å²) >= 11 is 0. The number of ether oxygens (including phenoxy) is 1. The maximum absolute atomic E-state index is 13.0. The van der Waals surface area contributed by atoms with Gasteiger partial charge in [-0.15, -0.1) is 0 Å². The molecule has 11 nitrogen and oxygen atoms in total. The highest BCUT2D eigenvalue weighted by atomic mass is 19.4. The van der Waals surface area contributed by atoms with E-state index in [2.05, 4.69) is 30.3 Å². The fourth-order valence-electron chi connectivity index (χ4n) is 4.28. The first-order valence-corrected chi connectivity index (χ1v) is 11.6. The summed E-state index contributed by atoms with van der Waals surface area (Å²) in [6, 6.07) is 7.69. The fourth-order valence-corrected chi connectivity index (χ4v) is 4.28. The number of nitrogens with two attached hydrogens (primary N) is 1. The van der Waals surface area contributed by atoms with E-state index >= 15 is 0 Å². The predicted molar refractivity (Wildman–Crippen MR) is 126 cm³/mol. The molecule has 37 heavy (non-hydrogen) atoms. The molecule has 3 aromatic rings. The van der Waals surface area contributed by atoms with Crippen molar-refractivity contribution in [3.8, 4) is 0 Å². The van der Waals surface area contributed by atoms with E-state index in [9.17, 15) is 27.9 Å². The van der Waals surface area contributed by atoms with Crippen LogP contribution in [0.25, 0.3) is 11.2 Å². The standard InChI is InChI=1S/C23H26F3N7O4/c1-2-15(34)30-13-10-14(18(17(13)35)37-21(36)23(24,25)26)33-11-29-16-19(27)31-22(32-20(16)33)28-9-8-12-6-4-3-5-7-12/h3-7,11,13-14,17-18,35H,2,8-10H2,1H3,(H,30,34)(H3,27,28,31,32)/t13-,14+,17+,18-/m0/s1. The number of imidazole rings is 1. The van der Waals surface area contributed by atoms with Crippen LogP contribution in [0.1, 0.15) is 31.4 Å². The van der Waals surface area contributed by atoms with Gasteiger partial charge in [0.1, 0.15) is 11.6 Å². The second-order valence-corrected chi connectivity index (χ2v) is 8.61. The number of hydrogen-bond acceptors (Lipinski definition) is 9. The Kier molecular flexibility index (Phi) is 7.47. The number of aliphatic hydroxyl groups excluding tert-OH is 1. The number of amides is 1. The molecule has 2 aromatic heterocycles. The van der Waals surface area contributed by atoms with Gasteiger partial charge >= 0.3 is 12.1 Å². The largest absolute Gasteiger partial charge is 0.490 e. The fraction of sp³-hybridized carbons (Fsp3) is 0.435. The number of hydrogen-bond donors (Lipinski definition) is 4. The summed E-state index contributed by atoms with van der Waals surface area (Å²) in [4.78, 5) is 36.4. The minimum absolute atomic E-state index is 0.0316. The van der Waals surface area contributed by atoms with Gasteiger partial charge < -0.3 is 30.8 Å². The molecule has 1 aliphatic rings. The Hall–Kier alpha value is -3.94. The number of nitrogens with zero attached hydrogens (tertiary/aromatic N) is 4. The molecule has 2 heterocycles. The first-order chi connectivity index (χ1) is 17.6. The minimum atomic E-state index is -5.27. The number of anilines is 2. The highest BCUT2D eigenvalue weighted by Crippen LogP contribution is 2.37. The van der Waals surface area contributed by atoms with Gasteiger partial charge in [-0.05, 0) is 18.4 Å². The van der Waals surface area contributed by atoms with Gasteiger partial charge in [-0.3, -0.25) is 4.79 Å². The molecule has 0 unspecified atom stereocenters. The smallest absolute Gasteiger partial charge is 0.451 e. The number of benzene rings is 1. The van der Waals surface area contributed by atoms with Gasteiger partial charge in [-0.2, -0.15) is 23.1 Å². The van der Waals surface area contributed by atoms with Crippen LogP contribution in [-0.2, 0) is 20.7 Å². The molecule has 4 atom stereocenters. The van der Waals surface area contributed by atoms with E-state index in [0.717, 1.165) is 5.56 Å². The van der Waals surface area contributed by atoms with E-state index in [0.29, 0.717) is 13.0 Å². The monoisotopic (exact) mass is 521 g/mol. The molecule has 0 radical (unpaired) electrons. The van der Waals surface area contributed by atoms with Crippen LogP contribution in [0.15, 0.2) is 36.7 Å². The highest BCUT2D eigenvalue weighted by molar-refractivity contribution is 5.83. The van der Waals surface area contributed by atoms with Crippen molar-refractivity contribution >= 4 is 34.8 Å². The molecule has 0 aliphatic heterocycles. The van der Waals surface area contributed by atoms with Crippen molar-refractivity contribution in [2.24, 2.45) is 0 Å². The van der Waals surface area contributed by atoms with Crippen molar-refractivity contribution in [2.45, 2.75) is 56.7 Å². The summed E-state index contributed by atoms with van der Waals surface area (Å²) in [5.74, 6) is -2.67. The SMILES string of the molecule is CCC(=O)N[C@H]1C[C@@H](n2cnc3c(N)nc(NCCc4ccccc4)nc32)[C@H](OC(=O)C(F)(F)F)[C@@H]1O. The maximum Gasteiger partial charge on any atom is 0.490 e. The summed E-state index contributed by atoms with van der Waals surface area (Å²) in [6.07, 6.45) is -6.52. The number of nitrogen functional groups attached to an aromatic ring is 1. The van der Waals surface area contributed by atoms with Gasteiger partial charge in [0.25, 0.3) is 0 Å². The van der Waals surface area contributed by atoms with E-state index in [-0.39, 0.29) is 35.8 Å². The average Bonchev–Trinajstić information content (AvgIpc) is 3.41. The summed E-state index contributed by atoms with van der Waals surface area (Å²) in [5.41, 5.74) is 7.50. The van der Waals surface area contributed by atoms with Crippen LogP contribution >= 0.6 is 0 Å². The molecular weight excluding hydrogens is 495 g/mol. The number of alkyl halides is 3. The molecule has 5 N–H and O–H groups in total. The summed E-state index contributed by atoms with van der Waals surface area (Å²) in [6.45, 7) is 2.06. The molecule has 1 aliphatic carbocycles. The topological polar surface area (TPSA) is 157 Å². The molecule has 1 amide bonds. The Balaban J connectivity index is 1.62. The van der Waals surface area contributed by atoms with Crippen molar-refractivity contribution in [1.29, 1.82) is 0 Å². The van der Waals surface area contributed by atoms with Crippen LogP contribution in [0.2, 0.25) is 0 Å².